The summed E-state index contributed by atoms with van der Waals surface area (Å²) >= 11 is 1.59. The lowest BCUT2D eigenvalue weighted by Crippen LogP contribution is -2.17. The van der Waals surface area contributed by atoms with Crippen LogP contribution in [-0.2, 0) is 6.42 Å². The molecule has 0 aliphatic carbocycles. The first kappa shape index (κ1) is 13.8. The van der Waals surface area contributed by atoms with Gasteiger partial charge in [0.1, 0.15) is 5.82 Å². The van der Waals surface area contributed by atoms with Gasteiger partial charge in [0.25, 0.3) is 0 Å². The third kappa shape index (κ3) is 3.31. The molecule has 21 heavy (non-hydrogen) atoms. The van der Waals surface area contributed by atoms with Gasteiger partial charge in [0.2, 0.25) is 0 Å². The van der Waals surface area contributed by atoms with Crippen molar-refractivity contribution in [2.45, 2.75) is 19.4 Å². The standard InChI is InChI=1S/C16H16FN3S/c1-10(8-11-2-4-12(17)5-3-11)19-16-20-14-7-6-13(18)9-15(14)21-16/h2-7,9-10H,8,18H2,1H3,(H,19,20). The summed E-state index contributed by atoms with van der Waals surface area (Å²) in [4.78, 5) is 4.54. The Morgan fingerprint density at radius 2 is 2.00 bits per heavy atom. The summed E-state index contributed by atoms with van der Waals surface area (Å²) in [5, 5.41) is 4.27. The predicted octanol–water partition coefficient (Wildman–Crippen LogP) is 4.06. The summed E-state index contributed by atoms with van der Waals surface area (Å²) in [6.07, 6.45) is 0.818. The Morgan fingerprint density at radius 3 is 2.76 bits per heavy atom. The fourth-order valence-corrected chi connectivity index (χ4v) is 3.26. The van der Waals surface area contributed by atoms with E-state index in [2.05, 4.69) is 17.2 Å². The van der Waals surface area contributed by atoms with Gasteiger partial charge in [-0.25, -0.2) is 9.37 Å². The number of rotatable bonds is 4. The van der Waals surface area contributed by atoms with E-state index in [9.17, 15) is 4.39 Å². The molecule has 0 fully saturated rings. The quantitative estimate of drug-likeness (QED) is 0.714. The normalized spacial score (nSPS) is 12.5. The molecule has 0 radical (unpaired) electrons. The second-order valence-corrected chi connectivity index (χ2v) is 6.15. The third-order valence-electron chi connectivity index (χ3n) is 3.24. The van der Waals surface area contributed by atoms with Gasteiger partial charge in [0.05, 0.1) is 10.2 Å². The Labute approximate surface area is 126 Å². The summed E-state index contributed by atoms with van der Waals surface area (Å²) in [5.41, 5.74) is 8.57. The van der Waals surface area contributed by atoms with Crippen molar-refractivity contribution in [2.75, 3.05) is 11.1 Å². The Bertz CT molecular complexity index is 752. The molecule has 3 N–H and O–H groups in total. The van der Waals surface area contributed by atoms with Crippen molar-refractivity contribution >= 4 is 32.4 Å². The molecule has 0 aliphatic rings. The number of nitrogens with one attached hydrogen (secondary N) is 1. The van der Waals surface area contributed by atoms with Crippen molar-refractivity contribution in [1.29, 1.82) is 0 Å². The highest BCUT2D eigenvalue weighted by molar-refractivity contribution is 7.22. The minimum absolute atomic E-state index is 0.205. The van der Waals surface area contributed by atoms with Crippen LogP contribution in [0.25, 0.3) is 10.2 Å². The zero-order valence-corrected chi connectivity index (χ0v) is 12.5. The molecular weight excluding hydrogens is 285 g/mol. The zero-order valence-electron chi connectivity index (χ0n) is 11.6. The molecule has 3 aromatic rings. The molecule has 2 aromatic carbocycles. The number of hydrogen-bond donors (Lipinski definition) is 2. The van der Waals surface area contributed by atoms with Crippen molar-refractivity contribution in [2.24, 2.45) is 0 Å². The largest absolute Gasteiger partial charge is 0.399 e. The van der Waals surface area contributed by atoms with Crippen LogP contribution in [0, 0.1) is 5.82 Å². The molecule has 3 nitrogen and oxygen atoms in total. The number of anilines is 2. The summed E-state index contributed by atoms with van der Waals surface area (Å²) < 4.78 is 14.0. The Morgan fingerprint density at radius 1 is 1.24 bits per heavy atom. The van der Waals surface area contributed by atoms with E-state index in [1.165, 1.54) is 12.1 Å². The van der Waals surface area contributed by atoms with Crippen LogP contribution in [0.15, 0.2) is 42.5 Å². The molecule has 108 valence electrons. The molecule has 0 aliphatic heterocycles. The molecule has 0 bridgehead atoms. The highest BCUT2D eigenvalue weighted by Crippen LogP contribution is 2.28. The van der Waals surface area contributed by atoms with Crippen molar-refractivity contribution in [3.63, 3.8) is 0 Å². The van der Waals surface area contributed by atoms with Gasteiger partial charge >= 0.3 is 0 Å². The number of benzene rings is 2. The van der Waals surface area contributed by atoms with Crippen LogP contribution >= 0.6 is 11.3 Å². The van der Waals surface area contributed by atoms with Crippen LogP contribution in [0.2, 0.25) is 0 Å². The van der Waals surface area contributed by atoms with Crippen LogP contribution in [-0.4, -0.2) is 11.0 Å². The van der Waals surface area contributed by atoms with E-state index in [0.29, 0.717) is 0 Å². The smallest absolute Gasteiger partial charge is 0.184 e. The molecule has 3 rings (SSSR count). The van der Waals surface area contributed by atoms with Gasteiger partial charge in [-0.3, -0.25) is 0 Å². The summed E-state index contributed by atoms with van der Waals surface area (Å²) in [7, 11) is 0. The molecule has 1 heterocycles. The molecule has 0 saturated heterocycles. The summed E-state index contributed by atoms with van der Waals surface area (Å²) in [6, 6.07) is 12.5. The van der Waals surface area contributed by atoms with Gasteiger partial charge in [-0.2, -0.15) is 0 Å². The van der Waals surface area contributed by atoms with Crippen molar-refractivity contribution in [3.8, 4) is 0 Å². The fraction of sp³-hybridized carbons (Fsp3) is 0.188. The maximum atomic E-state index is 12.9. The second kappa shape index (κ2) is 5.69. The van der Waals surface area contributed by atoms with E-state index in [1.54, 1.807) is 11.3 Å². The van der Waals surface area contributed by atoms with Crippen LogP contribution < -0.4 is 11.1 Å². The van der Waals surface area contributed by atoms with Gasteiger partial charge in [0, 0.05) is 11.7 Å². The maximum Gasteiger partial charge on any atom is 0.184 e. The number of thiazole rings is 1. The first-order valence-corrected chi connectivity index (χ1v) is 7.59. The molecule has 0 spiro atoms. The van der Waals surface area contributed by atoms with E-state index >= 15 is 0 Å². The third-order valence-corrected chi connectivity index (χ3v) is 4.19. The van der Waals surface area contributed by atoms with Gasteiger partial charge < -0.3 is 11.1 Å². The number of nitrogens with zero attached hydrogens (tertiary/aromatic N) is 1. The van der Waals surface area contributed by atoms with Crippen LogP contribution in [0.1, 0.15) is 12.5 Å². The van der Waals surface area contributed by atoms with E-state index in [1.807, 2.05) is 30.3 Å². The summed E-state index contributed by atoms with van der Waals surface area (Å²) in [6.45, 7) is 2.09. The summed E-state index contributed by atoms with van der Waals surface area (Å²) in [5.74, 6) is -0.205. The number of hydrogen-bond acceptors (Lipinski definition) is 4. The molecule has 0 amide bonds. The van der Waals surface area contributed by atoms with Gasteiger partial charge in [-0.1, -0.05) is 23.5 Å². The molecule has 0 saturated carbocycles. The molecule has 1 atom stereocenters. The monoisotopic (exact) mass is 301 g/mol. The van der Waals surface area contributed by atoms with E-state index in [4.69, 9.17) is 5.73 Å². The lowest BCUT2D eigenvalue weighted by Gasteiger charge is -2.12. The lowest BCUT2D eigenvalue weighted by molar-refractivity contribution is 0.626. The van der Waals surface area contributed by atoms with Crippen molar-refractivity contribution in [1.82, 2.24) is 4.98 Å². The lowest BCUT2D eigenvalue weighted by atomic mass is 10.1. The van der Waals surface area contributed by atoms with Crippen molar-refractivity contribution < 1.29 is 4.39 Å². The number of nitrogen functional groups attached to an aromatic ring is 1. The van der Waals surface area contributed by atoms with Crippen LogP contribution in [0.3, 0.4) is 0 Å². The Hall–Kier alpha value is -2.14. The molecule has 5 heteroatoms. The van der Waals surface area contributed by atoms with Gasteiger partial charge in [0.15, 0.2) is 5.13 Å². The first-order chi connectivity index (χ1) is 10.1. The highest BCUT2D eigenvalue weighted by atomic mass is 32.1. The SMILES string of the molecule is CC(Cc1ccc(F)cc1)Nc1nc2ccc(N)cc2s1. The topological polar surface area (TPSA) is 50.9 Å². The Kier molecular flexibility index (Phi) is 3.75. The zero-order chi connectivity index (χ0) is 14.8. The van der Waals surface area contributed by atoms with E-state index in [-0.39, 0.29) is 11.9 Å². The average Bonchev–Trinajstić information content (AvgIpc) is 2.82. The van der Waals surface area contributed by atoms with Crippen molar-refractivity contribution in [3.05, 3.63) is 53.8 Å². The number of halogens is 1. The Balaban J connectivity index is 1.70. The first-order valence-electron chi connectivity index (χ1n) is 6.77. The number of aromatic nitrogens is 1. The maximum absolute atomic E-state index is 12.9. The van der Waals surface area contributed by atoms with Gasteiger partial charge in [-0.05, 0) is 49.2 Å². The van der Waals surface area contributed by atoms with Crippen LogP contribution in [0.4, 0.5) is 15.2 Å². The minimum Gasteiger partial charge on any atom is -0.399 e. The van der Waals surface area contributed by atoms with Gasteiger partial charge in [-0.15, -0.1) is 0 Å². The fourth-order valence-electron chi connectivity index (χ4n) is 2.24. The minimum atomic E-state index is -0.205. The predicted molar refractivity (Wildman–Crippen MR) is 87.2 cm³/mol. The van der Waals surface area contributed by atoms with E-state index < -0.39 is 0 Å². The number of fused-ring (bicyclic) bond motifs is 1. The molecule has 1 unspecified atom stereocenters. The van der Waals surface area contributed by atoms with E-state index in [0.717, 1.165) is 33.0 Å². The second-order valence-electron chi connectivity index (χ2n) is 5.12. The van der Waals surface area contributed by atoms with Crippen LogP contribution in [0.5, 0.6) is 0 Å². The average molecular weight is 301 g/mol. The number of nitrogens with two attached hydrogens (primary N) is 1. The highest BCUT2D eigenvalue weighted by Gasteiger charge is 2.08. The molecule has 1 aromatic heterocycles. The molecular formula is C16H16FN3S.